The van der Waals surface area contributed by atoms with Gasteiger partial charge in [-0.3, -0.25) is 4.98 Å². The van der Waals surface area contributed by atoms with E-state index in [1.54, 1.807) is 12.1 Å². The molecular weight excluding hydrogens is 411 g/mol. The number of aromatic nitrogens is 1. The third kappa shape index (κ3) is 4.61. The number of aryl methyl sites for hydroxylation is 1. The van der Waals surface area contributed by atoms with E-state index in [4.69, 9.17) is 16.6 Å². The van der Waals surface area contributed by atoms with Crippen LogP contribution in [-0.4, -0.2) is 60.3 Å². The fourth-order valence-corrected chi connectivity index (χ4v) is 4.96. The van der Waals surface area contributed by atoms with Crippen LogP contribution in [-0.2, 0) is 6.42 Å². The number of fused-ring (bicyclic) bond motifs is 1. The molecule has 1 fully saturated rings. The van der Waals surface area contributed by atoms with Gasteiger partial charge in [-0.2, -0.15) is 0 Å². The number of thioether (sulfide) groups is 1. The van der Waals surface area contributed by atoms with Crippen LogP contribution in [0, 0.1) is 5.82 Å². The Bertz CT molecular complexity index is 872. The molecule has 0 radical (unpaired) electrons. The monoisotopic (exact) mass is 434 g/mol. The molecule has 0 bridgehead atoms. The van der Waals surface area contributed by atoms with Crippen molar-refractivity contribution in [1.29, 1.82) is 0 Å². The summed E-state index contributed by atoms with van der Waals surface area (Å²) in [5, 5.41) is 2.92. The highest BCUT2D eigenvalue weighted by molar-refractivity contribution is 7.99. The van der Waals surface area contributed by atoms with E-state index in [2.05, 4.69) is 16.3 Å². The zero-order valence-electron chi connectivity index (χ0n) is 16.2. The lowest BCUT2D eigenvalue weighted by Crippen LogP contribution is -2.52. The van der Waals surface area contributed by atoms with Gasteiger partial charge in [-0.05, 0) is 36.8 Å². The summed E-state index contributed by atoms with van der Waals surface area (Å²) >= 11 is 7.52. The molecule has 0 saturated carbocycles. The smallest absolute Gasteiger partial charge is 0.317 e. The number of hydrogen-bond acceptors (Lipinski definition) is 4. The first kappa shape index (κ1) is 20.3. The van der Waals surface area contributed by atoms with Gasteiger partial charge >= 0.3 is 6.03 Å². The van der Waals surface area contributed by atoms with Crippen molar-refractivity contribution in [3.63, 3.8) is 0 Å². The highest BCUT2D eigenvalue weighted by Gasteiger charge is 2.26. The number of anilines is 1. The molecule has 2 aromatic rings. The predicted molar refractivity (Wildman–Crippen MR) is 117 cm³/mol. The number of hydrogen-bond donors (Lipinski definition) is 1. The maximum atomic E-state index is 13.3. The Hall–Kier alpha value is -1.99. The highest BCUT2D eigenvalue weighted by Crippen LogP contribution is 2.40. The van der Waals surface area contributed by atoms with Gasteiger partial charge in [0.1, 0.15) is 5.82 Å². The van der Waals surface area contributed by atoms with Gasteiger partial charge in [0.25, 0.3) is 0 Å². The first-order chi connectivity index (χ1) is 14.2. The van der Waals surface area contributed by atoms with Gasteiger partial charge in [-0.15, -0.1) is 23.4 Å². The standard InChI is InChI=1S/C21H24ClFN4OS/c22-7-1-8-24-21(28)27-11-9-26(10-12-27)19-14-18(15-2-4-16(23)5-3-15)25-17-6-13-29-20(17)19/h2-5,14H,1,6-13H2,(H,24,28). The molecule has 8 heteroatoms. The highest BCUT2D eigenvalue weighted by atomic mass is 35.5. The molecule has 1 aromatic heterocycles. The number of carbonyl (C=O) groups is 1. The molecule has 0 spiro atoms. The van der Waals surface area contributed by atoms with Gasteiger partial charge < -0.3 is 15.1 Å². The number of benzene rings is 1. The quantitative estimate of drug-likeness (QED) is 0.571. The van der Waals surface area contributed by atoms with Crippen molar-refractivity contribution in [1.82, 2.24) is 15.2 Å². The lowest BCUT2D eigenvalue weighted by molar-refractivity contribution is 0.194. The average Bonchev–Trinajstić information content (AvgIpc) is 3.22. The van der Waals surface area contributed by atoms with Gasteiger partial charge in [0.15, 0.2) is 0 Å². The maximum Gasteiger partial charge on any atom is 0.317 e. The summed E-state index contributed by atoms with van der Waals surface area (Å²) in [7, 11) is 0. The number of nitrogens with zero attached hydrogens (tertiary/aromatic N) is 3. The number of urea groups is 1. The molecule has 1 aromatic carbocycles. The van der Waals surface area contributed by atoms with E-state index in [9.17, 15) is 9.18 Å². The fourth-order valence-electron chi connectivity index (χ4n) is 3.68. The summed E-state index contributed by atoms with van der Waals surface area (Å²) in [5.74, 6) is 1.34. The molecule has 154 valence electrons. The molecule has 2 aliphatic rings. The number of amides is 2. The minimum absolute atomic E-state index is 0.0175. The predicted octanol–water partition coefficient (Wildman–Crippen LogP) is 4.00. The van der Waals surface area contributed by atoms with Gasteiger partial charge in [0.2, 0.25) is 0 Å². The fraction of sp³-hybridized carbons (Fsp3) is 0.429. The topological polar surface area (TPSA) is 48.5 Å². The normalized spacial score (nSPS) is 16.1. The summed E-state index contributed by atoms with van der Waals surface area (Å²) in [4.78, 5) is 22.6. The van der Waals surface area contributed by atoms with Crippen molar-refractivity contribution in [3.05, 3.63) is 41.8 Å². The summed E-state index contributed by atoms with van der Waals surface area (Å²) in [6.07, 6.45) is 1.73. The number of rotatable bonds is 5. The Kier molecular flexibility index (Phi) is 6.45. The molecule has 2 aliphatic heterocycles. The molecule has 5 nitrogen and oxygen atoms in total. The number of pyridine rings is 1. The van der Waals surface area contributed by atoms with E-state index in [1.165, 1.54) is 22.7 Å². The van der Waals surface area contributed by atoms with Gasteiger partial charge in [-0.1, -0.05) is 0 Å². The van der Waals surface area contributed by atoms with E-state index >= 15 is 0 Å². The number of nitrogens with one attached hydrogen (secondary N) is 1. The van der Waals surface area contributed by atoms with Crippen molar-refractivity contribution >= 4 is 35.1 Å². The van der Waals surface area contributed by atoms with Crippen molar-refractivity contribution in [2.75, 3.05) is 49.3 Å². The minimum Gasteiger partial charge on any atom is -0.367 e. The second-order valence-electron chi connectivity index (χ2n) is 7.16. The van der Waals surface area contributed by atoms with E-state index < -0.39 is 0 Å². The second-order valence-corrected chi connectivity index (χ2v) is 8.64. The van der Waals surface area contributed by atoms with Crippen LogP contribution in [0.2, 0.25) is 0 Å². The van der Waals surface area contributed by atoms with Crippen LogP contribution in [0.4, 0.5) is 14.9 Å². The number of alkyl halides is 1. The first-order valence-corrected chi connectivity index (χ1v) is 11.4. The van der Waals surface area contributed by atoms with Crippen LogP contribution in [0.1, 0.15) is 12.1 Å². The molecule has 29 heavy (non-hydrogen) atoms. The van der Waals surface area contributed by atoms with Crippen molar-refractivity contribution in [2.45, 2.75) is 17.7 Å². The summed E-state index contributed by atoms with van der Waals surface area (Å²) in [6, 6.07) is 8.59. The van der Waals surface area contributed by atoms with Crippen molar-refractivity contribution in [2.24, 2.45) is 0 Å². The Morgan fingerprint density at radius 2 is 1.97 bits per heavy atom. The van der Waals surface area contributed by atoms with Crippen molar-refractivity contribution < 1.29 is 9.18 Å². The molecule has 0 atom stereocenters. The van der Waals surface area contributed by atoms with E-state index in [0.29, 0.717) is 25.5 Å². The second kappa shape index (κ2) is 9.22. The first-order valence-electron chi connectivity index (χ1n) is 9.92. The SMILES string of the molecule is O=C(NCCCCl)N1CCN(c2cc(-c3ccc(F)cc3)nc3c2SCC3)CC1. The molecule has 3 heterocycles. The summed E-state index contributed by atoms with van der Waals surface area (Å²) in [6.45, 7) is 3.53. The Balaban J connectivity index is 1.50. The van der Waals surface area contributed by atoms with Crippen LogP contribution >= 0.6 is 23.4 Å². The van der Waals surface area contributed by atoms with Gasteiger partial charge in [-0.25, -0.2) is 9.18 Å². The largest absolute Gasteiger partial charge is 0.367 e. The molecular formula is C21H24ClFN4OS. The Labute approximate surface area is 179 Å². The minimum atomic E-state index is -0.244. The van der Waals surface area contributed by atoms with Gasteiger partial charge in [0, 0.05) is 56.3 Å². The Morgan fingerprint density at radius 1 is 1.21 bits per heavy atom. The molecule has 2 amide bonds. The molecule has 1 N–H and O–H groups in total. The molecule has 4 rings (SSSR count). The zero-order valence-corrected chi connectivity index (χ0v) is 17.7. The zero-order chi connectivity index (χ0) is 20.2. The van der Waals surface area contributed by atoms with E-state index in [0.717, 1.165) is 48.6 Å². The van der Waals surface area contributed by atoms with E-state index in [-0.39, 0.29) is 11.8 Å². The maximum absolute atomic E-state index is 13.3. The summed E-state index contributed by atoms with van der Waals surface area (Å²) in [5.41, 5.74) is 4.10. The van der Waals surface area contributed by atoms with Gasteiger partial charge in [0.05, 0.1) is 22.0 Å². The van der Waals surface area contributed by atoms with Crippen LogP contribution in [0.3, 0.4) is 0 Å². The Morgan fingerprint density at radius 3 is 2.69 bits per heavy atom. The lowest BCUT2D eigenvalue weighted by Gasteiger charge is -2.37. The lowest BCUT2D eigenvalue weighted by atomic mass is 10.1. The molecule has 0 unspecified atom stereocenters. The van der Waals surface area contributed by atoms with Crippen LogP contribution < -0.4 is 10.2 Å². The average molecular weight is 435 g/mol. The van der Waals surface area contributed by atoms with Crippen molar-refractivity contribution in [3.8, 4) is 11.3 Å². The van der Waals surface area contributed by atoms with Crippen LogP contribution in [0.25, 0.3) is 11.3 Å². The third-order valence-corrected chi connectivity index (χ3v) is 6.65. The van der Waals surface area contributed by atoms with Crippen LogP contribution in [0.15, 0.2) is 35.2 Å². The summed E-state index contributed by atoms with van der Waals surface area (Å²) < 4.78 is 13.3. The molecule has 1 saturated heterocycles. The number of carbonyl (C=O) groups excluding carboxylic acids is 1. The third-order valence-electron chi connectivity index (χ3n) is 5.24. The number of piperazine rings is 1. The number of halogens is 2. The van der Waals surface area contributed by atoms with E-state index in [1.807, 2.05) is 16.7 Å². The molecule has 0 aliphatic carbocycles. The van der Waals surface area contributed by atoms with Crippen LogP contribution in [0.5, 0.6) is 0 Å².